The van der Waals surface area contributed by atoms with Gasteiger partial charge in [-0.05, 0) is 19.1 Å². The lowest BCUT2D eigenvalue weighted by Gasteiger charge is -2.03. The molecule has 1 aromatic carbocycles. The third-order valence-electron chi connectivity index (χ3n) is 2.23. The highest BCUT2D eigenvalue weighted by molar-refractivity contribution is 7.18. The predicted octanol–water partition coefficient (Wildman–Crippen LogP) is 3.06. The summed E-state index contributed by atoms with van der Waals surface area (Å²) in [5, 5.41) is 10.6. The second-order valence-electron chi connectivity index (χ2n) is 3.28. The molecule has 0 fully saturated rings. The van der Waals surface area contributed by atoms with Crippen molar-refractivity contribution in [2.24, 2.45) is 0 Å². The van der Waals surface area contributed by atoms with E-state index >= 15 is 0 Å². The molecule has 2 rings (SSSR count). The lowest BCUT2D eigenvalue weighted by molar-refractivity contribution is 0.216. The molecule has 1 heterocycles. The maximum absolute atomic E-state index is 9.90. The molecule has 15 heavy (non-hydrogen) atoms. The van der Waals surface area contributed by atoms with Crippen LogP contribution in [-0.2, 0) is 0 Å². The van der Waals surface area contributed by atoms with Crippen molar-refractivity contribution >= 4 is 21.6 Å². The quantitative estimate of drug-likeness (QED) is 0.784. The number of aliphatic hydroxyl groups is 1. The molecule has 0 saturated carbocycles. The van der Waals surface area contributed by atoms with Crippen LogP contribution in [0.3, 0.4) is 0 Å². The lowest BCUT2D eigenvalue weighted by atomic mass is 10.2. The highest BCUT2D eigenvalue weighted by atomic mass is 32.1. The number of hydrogen-bond donors (Lipinski definition) is 1. The first-order valence-corrected chi connectivity index (χ1v) is 5.44. The minimum absolute atomic E-state index is 0.681. The second-order valence-corrected chi connectivity index (χ2v) is 4.34. The molecule has 1 aromatic heterocycles. The number of para-hydroxylation sites is 1. The van der Waals surface area contributed by atoms with E-state index in [2.05, 4.69) is 17.3 Å². The SMILES string of the molecule is C=C=C(C)C(O)c1nc2ccccc2s1. The molecule has 3 heteroatoms. The highest BCUT2D eigenvalue weighted by Gasteiger charge is 2.14. The summed E-state index contributed by atoms with van der Waals surface area (Å²) in [5.41, 5.74) is 4.32. The minimum atomic E-state index is -0.681. The molecule has 0 aliphatic rings. The zero-order chi connectivity index (χ0) is 10.8. The molecular weight excluding hydrogens is 206 g/mol. The number of aromatic nitrogens is 1. The topological polar surface area (TPSA) is 33.1 Å². The zero-order valence-electron chi connectivity index (χ0n) is 8.40. The Morgan fingerprint density at radius 3 is 2.93 bits per heavy atom. The normalized spacial score (nSPS) is 12.4. The van der Waals surface area contributed by atoms with Gasteiger partial charge in [-0.25, -0.2) is 4.98 Å². The minimum Gasteiger partial charge on any atom is -0.381 e. The Morgan fingerprint density at radius 1 is 1.53 bits per heavy atom. The number of nitrogens with zero attached hydrogens (tertiary/aromatic N) is 1. The van der Waals surface area contributed by atoms with E-state index in [-0.39, 0.29) is 0 Å². The smallest absolute Gasteiger partial charge is 0.134 e. The van der Waals surface area contributed by atoms with Gasteiger partial charge < -0.3 is 5.11 Å². The Bertz CT molecular complexity index is 504. The summed E-state index contributed by atoms with van der Waals surface area (Å²) in [6.45, 7) is 5.31. The van der Waals surface area contributed by atoms with Gasteiger partial charge in [0, 0.05) is 5.57 Å². The van der Waals surface area contributed by atoms with Crippen molar-refractivity contribution in [1.29, 1.82) is 0 Å². The Morgan fingerprint density at radius 2 is 2.27 bits per heavy atom. The van der Waals surface area contributed by atoms with E-state index in [0.29, 0.717) is 10.6 Å². The summed E-state index contributed by atoms with van der Waals surface area (Å²) in [6, 6.07) is 7.84. The molecule has 2 nitrogen and oxygen atoms in total. The molecule has 0 radical (unpaired) electrons. The van der Waals surface area contributed by atoms with Crippen LogP contribution in [0, 0.1) is 0 Å². The third-order valence-corrected chi connectivity index (χ3v) is 3.32. The van der Waals surface area contributed by atoms with Crippen LogP contribution < -0.4 is 0 Å². The fourth-order valence-corrected chi connectivity index (χ4v) is 2.31. The number of benzene rings is 1. The van der Waals surface area contributed by atoms with Gasteiger partial charge in [-0.2, -0.15) is 0 Å². The van der Waals surface area contributed by atoms with Crippen LogP contribution in [0.15, 0.2) is 42.1 Å². The third kappa shape index (κ3) is 1.85. The molecule has 0 aliphatic heterocycles. The van der Waals surface area contributed by atoms with E-state index < -0.39 is 6.10 Å². The number of hydrogen-bond acceptors (Lipinski definition) is 3. The van der Waals surface area contributed by atoms with Crippen LogP contribution in [0.2, 0.25) is 0 Å². The molecule has 1 atom stereocenters. The van der Waals surface area contributed by atoms with E-state index in [4.69, 9.17) is 0 Å². The summed E-state index contributed by atoms with van der Waals surface area (Å²) in [5.74, 6) is 0. The van der Waals surface area contributed by atoms with Crippen molar-refractivity contribution in [1.82, 2.24) is 4.98 Å². The molecule has 0 aliphatic carbocycles. The molecule has 1 N–H and O–H groups in total. The summed E-state index contributed by atoms with van der Waals surface area (Å²) in [4.78, 5) is 4.36. The van der Waals surface area contributed by atoms with Gasteiger partial charge in [-0.15, -0.1) is 17.1 Å². The molecular formula is C12H11NOS. The number of aliphatic hydroxyl groups excluding tert-OH is 1. The van der Waals surface area contributed by atoms with Crippen molar-refractivity contribution in [3.8, 4) is 0 Å². The Labute approximate surface area is 92.2 Å². The maximum atomic E-state index is 9.90. The lowest BCUT2D eigenvalue weighted by Crippen LogP contribution is -1.96. The monoisotopic (exact) mass is 217 g/mol. The predicted molar refractivity (Wildman–Crippen MR) is 62.9 cm³/mol. The molecule has 1 unspecified atom stereocenters. The molecule has 0 amide bonds. The summed E-state index contributed by atoms with van der Waals surface area (Å²) in [6.07, 6.45) is -0.681. The molecule has 2 aromatic rings. The van der Waals surface area contributed by atoms with Crippen molar-refractivity contribution in [3.05, 3.63) is 47.2 Å². The van der Waals surface area contributed by atoms with Gasteiger partial charge in [-0.1, -0.05) is 18.7 Å². The fraction of sp³-hybridized carbons (Fsp3) is 0.167. The van der Waals surface area contributed by atoms with Gasteiger partial charge in [0.2, 0.25) is 0 Å². The van der Waals surface area contributed by atoms with Crippen LogP contribution in [0.5, 0.6) is 0 Å². The maximum Gasteiger partial charge on any atom is 0.134 e. The Hall–Kier alpha value is -1.41. The van der Waals surface area contributed by atoms with E-state index in [9.17, 15) is 5.11 Å². The van der Waals surface area contributed by atoms with Crippen molar-refractivity contribution in [2.45, 2.75) is 13.0 Å². The van der Waals surface area contributed by atoms with E-state index in [1.807, 2.05) is 24.3 Å². The number of fused-ring (bicyclic) bond motifs is 1. The van der Waals surface area contributed by atoms with Gasteiger partial charge in [0.25, 0.3) is 0 Å². The van der Waals surface area contributed by atoms with E-state index in [0.717, 1.165) is 10.2 Å². The molecule has 0 bridgehead atoms. The molecule has 76 valence electrons. The van der Waals surface area contributed by atoms with E-state index in [1.54, 1.807) is 6.92 Å². The van der Waals surface area contributed by atoms with Crippen molar-refractivity contribution < 1.29 is 5.11 Å². The van der Waals surface area contributed by atoms with Crippen molar-refractivity contribution in [3.63, 3.8) is 0 Å². The van der Waals surface area contributed by atoms with Gasteiger partial charge in [0.15, 0.2) is 0 Å². The average molecular weight is 217 g/mol. The Kier molecular flexibility index (Phi) is 2.69. The van der Waals surface area contributed by atoms with Gasteiger partial charge in [-0.3, -0.25) is 0 Å². The average Bonchev–Trinajstić information content (AvgIpc) is 2.70. The first kappa shape index (κ1) is 10.1. The summed E-state index contributed by atoms with van der Waals surface area (Å²) in [7, 11) is 0. The van der Waals surface area contributed by atoms with Crippen LogP contribution in [0.4, 0.5) is 0 Å². The van der Waals surface area contributed by atoms with Gasteiger partial charge >= 0.3 is 0 Å². The van der Waals surface area contributed by atoms with E-state index in [1.165, 1.54) is 11.3 Å². The molecule has 0 spiro atoms. The van der Waals surface area contributed by atoms with Crippen molar-refractivity contribution in [2.75, 3.05) is 0 Å². The van der Waals surface area contributed by atoms with Crippen LogP contribution in [0.25, 0.3) is 10.2 Å². The molecule has 0 saturated heterocycles. The first-order chi connectivity index (χ1) is 7.22. The van der Waals surface area contributed by atoms with Gasteiger partial charge in [0.1, 0.15) is 11.1 Å². The zero-order valence-corrected chi connectivity index (χ0v) is 9.21. The summed E-state index contributed by atoms with van der Waals surface area (Å²) < 4.78 is 1.09. The standard InChI is InChI=1S/C12H11NOS/c1-3-8(2)11(14)12-13-9-6-4-5-7-10(9)15-12/h4-7,11,14H,1H2,2H3. The van der Waals surface area contributed by atoms with Crippen LogP contribution in [0.1, 0.15) is 18.0 Å². The summed E-state index contributed by atoms with van der Waals surface area (Å²) >= 11 is 1.50. The number of rotatable bonds is 2. The van der Waals surface area contributed by atoms with Crippen LogP contribution in [-0.4, -0.2) is 10.1 Å². The second kappa shape index (κ2) is 3.99. The van der Waals surface area contributed by atoms with Gasteiger partial charge in [0.05, 0.1) is 10.2 Å². The van der Waals surface area contributed by atoms with Crippen LogP contribution >= 0.6 is 11.3 Å². The fourth-order valence-electron chi connectivity index (χ4n) is 1.29. The first-order valence-electron chi connectivity index (χ1n) is 4.62. The highest BCUT2D eigenvalue weighted by Crippen LogP contribution is 2.29. The Balaban J connectivity index is 2.49. The largest absolute Gasteiger partial charge is 0.381 e. The number of thiazole rings is 1.